The first kappa shape index (κ1) is 30.1. The first-order valence-corrected chi connectivity index (χ1v) is 14.5. The van der Waals surface area contributed by atoms with Gasteiger partial charge in [-0.25, -0.2) is 12.8 Å². The number of rotatable bonds is 12. The Morgan fingerprint density at radius 1 is 1.03 bits per heavy atom. The lowest BCUT2D eigenvalue weighted by Crippen LogP contribution is -2.51. The number of benzene rings is 3. The molecule has 39 heavy (non-hydrogen) atoms. The summed E-state index contributed by atoms with van der Waals surface area (Å²) in [5.41, 5.74) is 1.23. The molecular weight excluding hydrogens is 541 g/mol. The predicted octanol–water partition coefficient (Wildman–Crippen LogP) is 5.32. The number of anilines is 1. The van der Waals surface area contributed by atoms with Crippen LogP contribution in [0.5, 0.6) is 0 Å². The second-order valence-corrected chi connectivity index (χ2v) is 11.5. The predicted molar refractivity (Wildman–Crippen MR) is 151 cm³/mol. The van der Waals surface area contributed by atoms with Crippen molar-refractivity contribution in [2.75, 3.05) is 17.4 Å². The lowest BCUT2D eigenvalue weighted by molar-refractivity contribution is -0.139. The van der Waals surface area contributed by atoms with Crippen LogP contribution in [-0.2, 0) is 26.2 Å². The third-order valence-electron chi connectivity index (χ3n) is 6.25. The van der Waals surface area contributed by atoms with Crippen molar-refractivity contribution in [3.8, 4) is 0 Å². The lowest BCUT2D eigenvalue weighted by atomic mass is 10.1. The zero-order valence-electron chi connectivity index (χ0n) is 22.2. The van der Waals surface area contributed by atoms with Gasteiger partial charge in [-0.3, -0.25) is 13.9 Å². The van der Waals surface area contributed by atoms with E-state index in [0.29, 0.717) is 17.1 Å². The highest BCUT2D eigenvalue weighted by atomic mass is 35.5. The number of hydrogen-bond donors (Lipinski definition) is 1. The van der Waals surface area contributed by atoms with Gasteiger partial charge in [0.15, 0.2) is 0 Å². The van der Waals surface area contributed by atoms with E-state index in [9.17, 15) is 22.4 Å². The number of carbonyl (C=O) groups excluding carboxylic acids is 2. The van der Waals surface area contributed by atoms with Crippen molar-refractivity contribution in [3.63, 3.8) is 0 Å². The van der Waals surface area contributed by atoms with Gasteiger partial charge in [-0.15, -0.1) is 0 Å². The molecule has 0 aliphatic carbocycles. The monoisotopic (exact) mass is 573 g/mol. The van der Waals surface area contributed by atoms with Crippen molar-refractivity contribution in [1.29, 1.82) is 0 Å². The third-order valence-corrected chi connectivity index (χ3v) is 8.26. The quantitative estimate of drug-likeness (QED) is 0.297. The maximum atomic E-state index is 14.9. The molecule has 3 aromatic carbocycles. The number of para-hydroxylation sites is 1. The van der Waals surface area contributed by atoms with Crippen LogP contribution in [0.2, 0.25) is 5.02 Å². The highest BCUT2D eigenvalue weighted by Gasteiger charge is 2.33. The number of carbonyl (C=O) groups is 2. The molecule has 1 N–H and O–H groups in total. The van der Waals surface area contributed by atoms with Crippen LogP contribution < -0.4 is 9.62 Å². The van der Waals surface area contributed by atoms with E-state index in [1.165, 1.54) is 35.2 Å². The second kappa shape index (κ2) is 13.6. The first-order chi connectivity index (χ1) is 18.5. The fraction of sp³-hybridized carbons (Fsp3) is 0.310. The summed E-state index contributed by atoms with van der Waals surface area (Å²) in [5.74, 6) is -1.85. The molecule has 1 unspecified atom stereocenters. The van der Waals surface area contributed by atoms with Gasteiger partial charge in [0.25, 0.3) is 10.0 Å². The minimum atomic E-state index is -4.34. The standard InChI is InChI=1S/C29H33ClFN3O4S/c1-4-5-17-32-29(36)22(3)33(19-23-9-8-10-24(30)18-23)28(35)20-34(27-12-7-6-11-26(27)31)39(37,38)25-15-13-21(2)14-16-25/h6-16,18,22H,4-5,17,19-20H2,1-3H3,(H,32,36). The van der Waals surface area contributed by atoms with E-state index >= 15 is 0 Å². The summed E-state index contributed by atoms with van der Waals surface area (Å²) in [4.78, 5) is 28.0. The van der Waals surface area contributed by atoms with Crippen LogP contribution in [0.1, 0.15) is 37.8 Å². The number of nitrogens with zero attached hydrogens (tertiary/aromatic N) is 2. The van der Waals surface area contributed by atoms with E-state index < -0.39 is 34.3 Å². The van der Waals surface area contributed by atoms with Crippen LogP contribution in [0.25, 0.3) is 0 Å². The van der Waals surface area contributed by atoms with Crippen molar-refractivity contribution >= 4 is 39.1 Å². The maximum absolute atomic E-state index is 14.9. The molecule has 0 aromatic heterocycles. The molecule has 0 saturated heterocycles. The molecular formula is C29H33ClFN3O4S. The molecule has 7 nitrogen and oxygen atoms in total. The van der Waals surface area contributed by atoms with Crippen LogP contribution in [0.3, 0.4) is 0 Å². The summed E-state index contributed by atoms with van der Waals surface area (Å²) < 4.78 is 43.1. The topological polar surface area (TPSA) is 86.8 Å². The number of unbranched alkanes of at least 4 members (excludes halogenated alkanes) is 1. The van der Waals surface area contributed by atoms with Gasteiger partial charge in [0, 0.05) is 18.1 Å². The molecule has 0 bridgehead atoms. The summed E-state index contributed by atoms with van der Waals surface area (Å²) in [6, 6.07) is 17.3. The molecule has 1 atom stereocenters. The van der Waals surface area contributed by atoms with Gasteiger partial charge >= 0.3 is 0 Å². The Kier molecular flexibility index (Phi) is 10.5. The number of halogens is 2. The molecule has 10 heteroatoms. The fourth-order valence-electron chi connectivity index (χ4n) is 3.96. The van der Waals surface area contributed by atoms with Crippen molar-refractivity contribution in [1.82, 2.24) is 10.2 Å². The number of sulfonamides is 1. The fourth-order valence-corrected chi connectivity index (χ4v) is 5.59. The zero-order chi connectivity index (χ0) is 28.6. The Hall–Kier alpha value is -3.43. The van der Waals surface area contributed by atoms with Crippen LogP contribution in [0.4, 0.5) is 10.1 Å². The molecule has 0 aliphatic rings. The third kappa shape index (κ3) is 7.80. The van der Waals surface area contributed by atoms with E-state index in [1.807, 2.05) is 13.8 Å². The van der Waals surface area contributed by atoms with Crippen LogP contribution in [0, 0.1) is 12.7 Å². The highest BCUT2D eigenvalue weighted by Crippen LogP contribution is 2.27. The Morgan fingerprint density at radius 3 is 2.36 bits per heavy atom. The SMILES string of the molecule is CCCCNC(=O)C(C)N(Cc1cccc(Cl)c1)C(=O)CN(c1ccccc1F)S(=O)(=O)c1ccc(C)cc1. The van der Waals surface area contributed by atoms with Crippen molar-refractivity contribution in [2.24, 2.45) is 0 Å². The summed E-state index contributed by atoms with van der Waals surface area (Å²) >= 11 is 6.14. The normalized spacial score (nSPS) is 12.0. The van der Waals surface area contributed by atoms with Gasteiger partial charge in [0.05, 0.1) is 10.6 Å². The smallest absolute Gasteiger partial charge is 0.264 e. The number of aryl methyl sites for hydroxylation is 1. The number of hydrogen-bond acceptors (Lipinski definition) is 4. The zero-order valence-corrected chi connectivity index (χ0v) is 23.8. The van der Waals surface area contributed by atoms with Gasteiger partial charge in [-0.2, -0.15) is 0 Å². The maximum Gasteiger partial charge on any atom is 0.264 e. The number of nitrogens with one attached hydrogen (secondary N) is 1. The number of amides is 2. The average Bonchev–Trinajstić information content (AvgIpc) is 2.90. The molecule has 3 rings (SSSR count). The Morgan fingerprint density at radius 2 is 1.72 bits per heavy atom. The van der Waals surface area contributed by atoms with Gasteiger partial charge in [-0.1, -0.05) is 66.9 Å². The van der Waals surface area contributed by atoms with Gasteiger partial charge in [-0.05, 0) is 62.2 Å². The average molecular weight is 574 g/mol. The summed E-state index contributed by atoms with van der Waals surface area (Å²) in [7, 11) is -4.34. The molecule has 0 fully saturated rings. The molecule has 0 aliphatic heterocycles. The summed E-state index contributed by atoms with van der Waals surface area (Å²) in [5, 5.41) is 3.27. The van der Waals surface area contributed by atoms with Crippen molar-refractivity contribution < 1.29 is 22.4 Å². The first-order valence-electron chi connectivity index (χ1n) is 12.7. The van der Waals surface area contributed by atoms with Gasteiger partial charge in [0.2, 0.25) is 11.8 Å². The Bertz CT molecular complexity index is 1400. The Labute approximate surface area is 234 Å². The molecule has 0 saturated carbocycles. The van der Waals surface area contributed by atoms with E-state index in [4.69, 9.17) is 11.6 Å². The molecule has 3 aromatic rings. The summed E-state index contributed by atoms with van der Waals surface area (Å²) in [6.07, 6.45) is 1.66. The van der Waals surface area contributed by atoms with Crippen LogP contribution in [-0.4, -0.2) is 44.3 Å². The molecule has 0 spiro atoms. The van der Waals surface area contributed by atoms with Gasteiger partial charge < -0.3 is 10.2 Å². The van der Waals surface area contributed by atoms with E-state index in [2.05, 4.69) is 5.32 Å². The lowest BCUT2D eigenvalue weighted by Gasteiger charge is -2.32. The van der Waals surface area contributed by atoms with E-state index in [0.717, 1.165) is 28.8 Å². The highest BCUT2D eigenvalue weighted by molar-refractivity contribution is 7.92. The molecule has 208 valence electrons. The van der Waals surface area contributed by atoms with Gasteiger partial charge in [0.1, 0.15) is 18.4 Å². The minimum absolute atomic E-state index is 0.00253. The molecule has 0 radical (unpaired) electrons. The van der Waals surface area contributed by atoms with Crippen LogP contribution >= 0.6 is 11.6 Å². The van der Waals surface area contributed by atoms with Crippen molar-refractivity contribution in [2.45, 2.75) is 51.1 Å². The molecule has 0 heterocycles. The van der Waals surface area contributed by atoms with E-state index in [-0.39, 0.29) is 23.0 Å². The Balaban J connectivity index is 2.01. The largest absolute Gasteiger partial charge is 0.354 e. The van der Waals surface area contributed by atoms with Crippen molar-refractivity contribution in [3.05, 3.63) is 94.8 Å². The molecule has 2 amide bonds. The van der Waals surface area contributed by atoms with Crippen LogP contribution in [0.15, 0.2) is 77.7 Å². The minimum Gasteiger partial charge on any atom is -0.354 e. The second-order valence-electron chi connectivity index (χ2n) is 9.25. The summed E-state index contributed by atoms with van der Waals surface area (Å²) in [6.45, 7) is 5.11. The van der Waals surface area contributed by atoms with E-state index in [1.54, 1.807) is 43.3 Å².